The monoisotopic (exact) mass is 356 g/mol. The number of hydrogen-bond acceptors (Lipinski definition) is 5. The van der Waals surface area contributed by atoms with Crippen molar-refractivity contribution in [1.82, 2.24) is 9.88 Å². The number of hydrogen-bond donors (Lipinski definition) is 0. The Hall–Kier alpha value is -1.69. The fourth-order valence-corrected chi connectivity index (χ4v) is 4.24. The fourth-order valence-electron chi connectivity index (χ4n) is 4.24. The number of nitrogens with zero attached hydrogens (tertiary/aromatic N) is 2. The van der Waals surface area contributed by atoms with E-state index in [0.717, 1.165) is 62.1 Å². The summed E-state index contributed by atoms with van der Waals surface area (Å²) in [5.41, 5.74) is 2.04. The summed E-state index contributed by atoms with van der Waals surface area (Å²) in [6.07, 6.45) is 2.54. The maximum absolute atomic E-state index is 6.05. The van der Waals surface area contributed by atoms with Crippen molar-refractivity contribution in [2.75, 3.05) is 19.8 Å². The first-order chi connectivity index (χ1) is 12.7. The number of fused-ring (bicyclic) bond motifs is 1. The highest BCUT2D eigenvalue weighted by Gasteiger charge is 2.41. The number of pyridine rings is 1. The molecule has 0 spiro atoms. The second-order valence-electron chi connectivity index (χ2n) is 7.58. The molecular formula is C21H28N2O3. The third-order valence-corrected chi connectivity index (χ3v) is 5.45. The van der Waals surface area contributed by atoms with E-state index in [1.807, 2.05) is 38.1 Å². The Morgan fingerprint density at radius 2 is 2.12 bits per heavy atom. The smallest absolute Gasteiger partial charge is 0.118 e. The van der Waals surface area contributed by atoms with Gasteiger partial charge in [-0.3, -0.25) is 9.88 Å². The van der Waals surface area contributed by atoms with Gasteiger partial charge in [0.05, 0.1) is 38.2 Å². The van der Waals surface area contributed by atoms with Crippen LogP contribution in [0, 0.1) is 19.8 Å². The molecule has 0 aromatic carbocycles. The van der Waals surface area contributed by atoms with Crippen LogP contribution in [0.25, 0.3) is 0 Å². The minimum atomic E-state index is 0.325. The van der Waals surface area contributed by atoms with E-state index in [9.17, 15) is 0 Å². The molecule has 1 saturated heterocycles. The highest BCUT2D eigenvalue weighted by Crippen LogP contribution is 2.35. The predicted octanol–water partition coefficient (Wildman–Crippen LogP) is 3.49. The van der Waals surface area contributed by atoms with Crippen LogP contribution in [-0.2, 0) is 22.6 Å². The summed E-state index contributed by atoms with van der Waals surface area (Å²) in [5.74, 6) is 2.58. The SMILES string of the molecule is Cc1cccc(COC[C@H]2C[C@@H]3[C@@H](C2)OCCN3Cc2ccc(C)o2)n1. The van der Waals surface area contributed by atoms with Crippen LogP contribution in [0.15, 0.2) is 34.7 Å². The second-order valence-corrected chi connectivity index (χ2v) is 7.58. The zero-order chi connectivity index (χ0) is 17.9. The van der Waals surface area contributed by atoms with Crippen molar-refractivity contribution in [3.63, 3.8) is 0 Å². The lowest BCUT2D eigenvalue weighted by molar-refractivity contribution is -0.0609. The van der Waals surface area contributed by atoms with Gasteiger partial charge in [-0.05, 0) is 56.9 Å². The molecule has 5 heteroatoms. The Kier molecular flexibility index (Phi) is 5.38. The zero-order valence-corrected chi connectivity index (χ0v) is 15.7. The summed E-state index contributed by atoms with van der Waals surface area (Å²) in [4.78, 5) is 7.02. The van der Waals surface area contributed by atoms with E-state index in [1.54, 1.807) is 0 Å². The van der Waals surface area contributed by atoms with E-state index in [4.69, 9.17) is 13.9 Å². The predicted molar refractivity (Wildman–Crippen MR) is 98.7 cm³/mol. The van der Waals surface area contributed by atoms with Gasteiger partial charge in [0.25, 0.3) is 0 Å². The number of aromatic nitrogens is 1. The molecule has 1 saturated carbocycles. The molecule has 0 bridgehead atoms. The molecule has 2 aromatic heterocycles. The maximum Gasteiger partial charge on any atom is 0.118 e. The molecule has 0 N–H and O–H groups in total. The van der Waals surface area contributed by atoms with Gasteiger partial charge in [0.1, 0.15) is 11.5 Å². The summed E-state index contributed by atoms with van der Waals surface area (Å²) in [6, 6.07) is 10.7. The Morgan fingerprint density at radius 1 is 1.19 bits per heavy atom. The molecule has 2 fully saturated rings. The third kappa shape index (κ3) is 4.17. The average Bonchev–Trinajstić information content (AvgIpc) is 3.21. The van der Waals surface area contributed by atoms with Gasteiger partial charge in [-0.25, -0.2) is 0 Å². The van der Waals surface area contributed by atoms with Crippen LogP contribution >= 0.6 is 0 Å². The zero-order valence-electron chi connectivity index (χ0n) is 15.7. The van der Waals surface area contributed by atoms with Crippen LogP contribution in [-0.4, -0.2) is 41.8 Å². The Bertz CT molecular complexity index is 730. The molecule has 4 rings (SSSR count). The van der Waals surface area contributed by atoms with Gasteiger partial charge in [0.15, 0.2) is 0 Å². The number of ether oxygens (including phenoxy) is 2. The summed E-state index contributed by atoms with van der Waals surface area (Å²) >= 11 is 0. The largest absolute Gasteiger partial charge is 0.465 e. The van der Waals surface area contributed by atoms with E-state index < -0.39 is 0 Å². The normalized spacial score (nSPS) is 26.2. The van der Waals surface area contributed by atoms with Crippen LogP contribution in [0.1, 0.15) is 35.7 Å². The minimum absolute atomic E-state index is 0.325. The van der Waals surface area contributed by atoms with Crippen molar-refractivity contribution in [1.29, 1.82) is 0 Å². The van der Waals surface area contributed by atoms with Crippen LogP contribution in [0.5, 0.6) is 0 Å². The first kappa shape index (κ1) is 17.7. The van der Waals surface area contributed by atoms with Gasteiger partial charge in [-0.15, -0.1) is 0 Å². The van der Waals surface area contributed by atoms with Crippen LogP contribution in [0.3, 0.4) is 0 Å². The third-order valence-electron chi connectivity index (χ3n) is 5.45. The van der Waals surface area contributed by atoms with E-state index in [0.29, 0.717) is 24.7 Å². The van der Waals surface area contributed by atoms with Gasteiger partial charge in [0, 0.05) is 18.3 Å². The van der Waals surface area contributed by atoms with Crippen molar-refractivity contribution in [2.24, 2.45) is 5.92 Å². The van der Waals surface area contributed by atoms with Gasteiger partial charge >= 0.3 is 0 Å². The number of aryl methyl sites for hydroxylation is 2. The van der Waals surface area contributed by atoms with Crippen molar-refractivity contribution in [3.8, 4) is 0 Å². The highest BCUT2D eigenvalue weighted by molar-refractivity contribution is 5.09. The molecule has 2 aliphatic rings. The molecule has 1 aliphatic heterocycles. The van der Waals surface area contributed by atoms with Gasteiger partial charge in [-0.2, -0.15) is 0 Å². The molecule has 0 unspecified atom stereocenters. The topological polar surface area (TPSA) is 47.7 Å². The lowest BCUT2D eigenvalue weighted by Gasteiger charge is -2.37. The highest BCUT2D eigenvalue weighted by atomic mass is 16.5. The van der Waals surface area contributed by atoms with Gasteiger partial charge in [-0.1, -0.05) is 6.07 Å². The molecule has 26 heavy (non-hydrogen) atoms. The Balaban J connectivity index is 1.29. The fraction of sp³-hybridized carbons (Fsp3) is 0.571. The first-order valence-corrected chi connectivity index (χ1v) is 9.58. The van der Waals surface area contributed by atoms with Gasteiger partial charge in [0.2, 0.25) is 0 Å². The summed E-state index contributed by atoms with van der Waals surface area (Å²) < 4.78 is 17.8. The summed E-state index contributed by atoms with van der Waals surface area (Å²) in [7, 11) is 0. The van der Waals surface area contributed by atoms with Crippen LogP contribution in [0.4, 0.5) is 0 Å². The maximum atomic E-state index is 6.05. The summed E-state index contributed by atoms with van der Waals surface area (Å²) in [6.45, 7) is 8.03. The van der Waals surface area contributed by atoms with Crippen molar-refractivity contribution >= 4 is 0 Å². The lowest BCUT2D eigenvalue weighted by Crippen LogP contribution is -2.47. The van der Waals surface area contributed by atoms with Gasteiger partial charge < -0.3 is 13.9 Å². The Labute approximate surface area is 155 Å². The standard InChI is InChI=1S/C21H28N2O3/c1-15-4-3-5-18(22-15)14-24-13-17-10-20-21(11-17)25-9-8-23(20)12-19-7-6-16(2)26-19/h3-7,17,20-21H,8-14H2,1-2H3/t17-,20+,21+/m0/s1. The van der Waals surface area contributed by atoms with Crippen molar-refractivity contribution < 1.29 is 13.9 Å². The molecule has 3 heterocycles. The number of morpholine rings is 1. The number of furan rings is 1. The lowest BCUT2D eigenvalue weighted by atomic mass is 10.1. The molecule has 5 nitrogen and oxygen atoms in total. The molecule has 3 atom stereocenters. The second kappa shape index (κ2) is 7.91. The summed E-state index contributed by atoms with van der Waals surface area (Å²) in [5, 5.41) is 0. The van der Waals surface area contributed by atoms with Crippen LogP contribution < -0.4 is 0 Å². The van der Waals surface area contributed by atoms with E-state index >= 15 is 0 Å². The molecule has 140 valence electrons. The van der Waals surface area contributed by atoms with Crippen molar-refractivity contribution in [3.05, 3.63) is 53.2 Å². The molecule has 1 aliphatic carbocycles. The van der Waals surface area contributed by atoms with E-state index in [2.05, 4.69) is 16.0 Å². The van der Waals surface area contributed by atoms with E-state index in [-0.39, 0.29) is 0 Å². The van der Waals surface area contributed by atoms with Crippen molar-refractivity contribution in [2.45, 2.75) is 52.0 Å². The Morgan fingerprint density at radius 3 is 2.92 bits per heavy atom. The first-order valence-electron chi connectivity index (χ1n) is 9.58. The minimum Gasteiger partial charge on any atom is -0.465 e. The molecule has 2 aromatic rings. The molecule has 0 radical (unpaired) electrons. The molecule has 0 amide bonds. The number of rotatable bonds is 6. The van der Waals surface area contributed by atoms with Crippen LogP contribution in [0.2, 0.25) is 0 Å². The quantitative estimate of drug-likeness (QED) is 0.793. The molecular weight excluding hydrogens is 328 g/mol. The average molecular weight is 356 g/mol. The van der Waals surface area contributed by atoms with E-state index in [1.165, 1.54) is 0 Å².